The highest BCUT2D eigenvalue weighted by atomic mass is 35.5. The Hall–Kier alpha value is -2.05. The highest BCUT2D eigenvalue weighted by Gasteiger charge is 2.21. The summed E-state index contributed by atoms with van der Waals surface area (Å²) in [4.78, 5) is 29.8. The van der Waals surface area contributed by atoms with Gasteiger partial charge in [0.2, 0.25) is 5.91 Å². The Bertz CT molecular complexity index is 807. The average molecular weight is 413 g/mol. The lowest BCUT2D eigenvalue weighted by molar-refractivity contribution is -0.146. The van der Waals surface area contributed by atoms with Gasteiger partial charge in [0, 0.05) is 36.5 Å². The Morgan fingerprint density at radius 1 is 1.33 bits per heavy atom. The van der Waals surface area contributed by atoms with Gasteiger partial charge >= 0.3 is 5.97 Å². The molecule has 1 aromatic heterocycles. The molecule has 2 rings (SSSR count). The molecule has 0 fully saturated rings. The molecule has 146 valence electrons. The summed E-state index contributed by atoms with van der Waals surface area (Å²) in [5.74, 6) is 0.183. The molecule has 8 heteroatoms. The second-order valence-electron chi connectivity index (χ2n) is 6.10. The molecule has 1 unspecified atom stereocenters. The maximum atomic E-state index is 12.4. The molecule has 0 bridgehead atoms. The highest BCUT2D eigenvalue weighted by Crippen LogP contribution is 2.30. The number of oxazole rings is 1. The third kappa shape index (κ3) is 5.71. The molecule has 1 atom stereocenters. The molecule has 1 amide bonds. The molecular formula is C19H22Cl2N2O4. The van der Waals surface area contributed by atoms with Gasteiger partial charge in [-0.25, -0.2) is 4.98 Å². The number of hydrogen-bond acceptors (Lipinski definition) is 5. The van der Waals surface area contributed by atoms with Gasteiger partial charge in [0.15, 0.2) is 11.7 Å². The maximum absolute atomic E-state index is 12.4. The molecule has 0 saturated heterocycles. The topological polar surface area (TPSA) is 72.6 Å². The molecule has 0 spiro atoms. The second kappa shape index (κ2) is 9.76. The van der Waals surface area contributed by atoms with Crippen molar-refractivity contribution in [1.29, 1.82) is 0 Å². The third-order valence-electron chi connectivity index (χ3n) is 4.14. The Balaban J connectivity index is 1.97. The Labute approximate surface area is 168 Å². The molecule has 0 aliphatic rings. The van der Waals surface area contributed by atoms with E-state index in [4.69, 9.17) is 32.4 Å². The van der Waals surface area contributed by atoms with Crippen molar-refractivity contribution in [2.75, 3.05) is 20.2 Å². The van der Waals surface area contributed by atoms with Crippen molar-refractivity contribution in [2.45, 2.75) is 26.7 Å². The number of benzene rings is 1. The van der Waals surface area contributed by atoms with Crippen LogP contribution in [0.3, 0.4) is 0 Å². The number of halogens is 2. The molecule has 0 radical (unpaired) electrons. The Kier molecular flexibility index (Phi) is 7.68. The highest BCUT2D eigenvalue weighted by molar-refractivity contribution is 6.36. The van der Waals surface area contributed by atoms with E-state index in [9.17, 15) is 9.59 Å². The number of amides is 1. The standard InChI is InChI=1S/C19H22Cl2N2O4/c1-4-23(11-12(2)19(25)26-3)18(24)8-7-17-22-10-16(27-17)14-6-5-13(20)9-15(14)21/h5-6,9-10,12H,4,7-8,11H2,1-3H3. The number of carbonyl (C=O) groups is 2. The molecular weight excluding hydrogens is 391 g/mol. The monoisotopic (exact) mass is 412 g/mol. The van der Waals surface area contributed by atoms with Crippen molar-refractivity contribution >= 4 is 35.1 Å². The van der Waals surface area contributed by atoms with Crippen LogP contribution in [0.25, 0.3) is 11.3 Å². The SMILES string of the molecule is CCN(CC(C)C(=O)OC)C(=O)CCc1ncc(-c2ccc(Cl)cc2Cl)o1. The summed E-state index contributed by atoms with van der Waals surface area (Å²) in [7, 11) is 1.34. The van der Waals surface area contributed by atoms with Crippen LogP contribution < -0.4 is 0 Å². The van der Waals surface area contributed by atoms with Crippen LogP contribution in [0.4, 0.5) is 0 Å². The van der Waals surface area contributed by atoms with Gasteiger partial charge in [-0.2, -0.15) is 0 Å². The Morgan fingerprint density at radius 2 is 2.07 bits per heavy atom. The van der Waals surface area contributed by atoms with Crippen LogP contribution >= 0.6 is 23.2 Å². The van der Waals surface area contributed by atoms with E-state index in [0.29, 0.717) is 46.8 Å². The summed E-state index contributed by atoms with van der Waals surface area (Å²) in [6, 6.07) is 5.11. The zero-order valence-corrected chi connectivity index (χ0v) is 17.0. The van der Waals surface area contributed by atoms with Crippen LogP contribution in [0.5, 0.6) is 0 Å². The third-order valence-corrected chi connectivity index (χ3v) is 4.68. The number of hydrogen-bond donors (Lipinski definition) is 0. The minimum absolute atomic E-state index is 0.0717. The fourth-order valence-electron chi connectivity index (χ4n) is 2.63. The summed E-state index contributed by atoms with van der Waals surface area (Å²) < 4.78 is 10.4. The van der Waals surface area contributed by atoms with Gasteiger partial charge in [-0.3, -0.25) is 9.59 Å². The van der Waals surface area contributed by atoms with Crippen molar-refractivity contribution in [1.82, 2.24) is 9.88 Å². The quantitative estimate of drug-likeness (QED) is 0.606. The number of aryl methyl sites for hydroxylation is 1. The smallest absolute Gasteiger partial charge is 0.310 e. The van der Waals surface area contributed by atoms with Crippen molar-refractivity contribution in [2.24, 2.45) is 5.92 Å². The van der Waals surface area contributed by atoms with Crippen LogP contribution in [0.2, 0.25) is 10.0 Å². The molecule has 27 heavy (non-hydrogen) atoms. The van der Waals surface area contributed by atoms with Gasteiger partial charge in [-0.1, -0.05) is 30.1 Å². The van der Waals surface area contributed by atoms with Gasteiger partial charge in [0.05, 0.1) is 24.2 Å². The second-order valence-corrected chi connectivity index (χ2v) is 6.94. The Morgan fingerprint density at radius 3 is 2.70 bits per heavy atom. The molecule has 0 aliphatic carbocycles. The average Bonchev–Trinajstić information content (AvgIpc) is 3.11. The first kappa shape index (κ1) is 21.3. The molecule has 1 aromatic carbocycles. The lowest BCUT2D eigenvalue weighted by atomic mass is 10.1. The lowest BCUT2D eigenvalue weighted by Gasteiger charge is -2.23. The van der Waals surface area contributed by atoms with E-state index < -0.39 is 0 Å². The van der Waals surface area contributed by atoms with Crippen molar-refractivity contribution in [3.05, 3.63) is 40.3 Å². The molecule has 6 nitrogen and oxygen atoms in total. The van der Waals surface area contributed by atoms with Crippen LogP contribution in [0.15, 0.2) is 28.8 Å². The summed E-state index contributed by atoms with van der Waals surface area (Å²) >= 11 is 12.1. The van der Waals surface area contributed by atoms with Crippen molar-refractivity contribution < 1.29 is 18.7 Å². The minimum Gasteiger partial charge on any atom is -0.469 e. The largest absolute Gasteiger partial charge is 0.469 e. The van der Waals surface area contributed by atoms with Gasteiger partial charge < -0.3 is 14.1 Å². The van der Waals surface area contributed by atoms with E-state index in [1.165, 1.54) is 7.11 Å². The van der Waals surface area contributed by atoms with E-state index in [1.54, 1.807) is 36.2 Å². The minimum atomic E-state index is -0.376. The van der Waals surface area contributed by atoms with Gasteiger partial charge in [-0.05, 0) is 25.1 Å². The first-order valence-corrected chi connectivity index (χ1v) is 9.37. The molecule has 0 saturated carbocycles. The van der Waals surface area contributed by atoms with E-state index in [0.717, 1.165) is 0 Å². The first-order chi connectivity index (χ1) is 12.8. The molecule has 1 heterocycles. The number of ether oxygens (including phenoxy) is 1. The number of esters is 1. The summed E-state index contributed by atoms with van der Waals surface area (Å²) in [6.07, 6.45) is 2.16. The summed E-state index contributed by atoms with van der Waals surface area (Å²) in [5.41, 5.74) is 0.688. The molecule has 0 N–H and O–H groups in total. The summed E-state index contributed by atoms with van der Waals surface area (Å²) in [6.45, 7) is 4.43. The molecule has 0 aliphatic heterocycles. The van der Waals surface area contributed by atoms with Crippen LogP contribution in [-0.4, -0.2) is 42.0 Å². The van der Waals surface area contributed by atoms with Gasteiger partial charge in [0.25, 0.3) is 0 Å². The zero-order valence-electron chi connectivity index (χ0n) is 15.5. The number of carbonyl (C=O) groups excluding carboxylic acids is 2. The lowest BCUT2D eigenvalue weighted by Crippen LogP contribution is -2.37. The number of aromatic nitrogens is 1. The van der Waals surface area contributed by atoms with E-state index in [2.05, 4.69) is 4.98 Å². The molecule has 2 aromatic rings. The predicted molar refractivity (Wildman–Crippen MR) is 104 cm³/mol. The van der Waals surface area contributed by atoms with Crippen molar-refractivity contribution in [3.63, 3.8) is 0 Å². The normalized spacial score (nSPS) is 11.9. The van der Waals surface area contributed by atoms with Crippen LogP contribution in [0.1, 0.15) is 26.2 Å². The summed E-state index contributed by atoms with van der Waals surface area (Å²) in [5, 5.41) is 1.00. The fraction of sp³-hybridized carbons (Fsp3) is 0.421. The van der Waals surface area contributed by atoms with Crippen LogP contribution in [-0.2, 0) is 20.7 Å². The van der Waals surface area contributed by atoms with Crippen LogP contribution in [0, 0.1) is 5.92 Å². The zero-order chi connectivity index (χ0) is 20.0. The van der Waals surface area contributed by atoms with E-state index in [-0.39, 0.29) is 24.2 Å². The van der Waals surface area contributed by atoms with E-state index >= 15 is 0 Å². The van der Waals surface area contributed by atoms with E-state index in [1.807, 2.05) is 6.92 Å². The fourth-order valence-corrected chi connectivity index (χ4v) is 3.13. The number of rotatable bonds is 8. The maximum Gasteiger partial charge on any atom is 0.310 e. The predicted octanol–water partition coefficient (Wildman–Crippen LogP) is 4.24. The van der Waals surface area contributed by atoms with Gasteiger partial charge in [0.1, 0.15) is 0 Å². The van der Waals surface area contributed by atoms with Crippen molar-refractivity contribution in [3.8, 4) is 11.3 Å². The van der Waals surface area contributed by atoms with Gasteiger partial charge in [-0.15, -0.1) is 0 Å². The first-order valence-electron chi connectivity index (χ1n) is 8.61. The number of nitrogens with zero attached hydrogens (tertiary/aromatic N) is 2. The number of methoxy groups -OCH3 is 1.